The summed E-state index contributed by atoms with van der Waals surface area (Å²) in [6.45, 7) is 3.60. The van der Waals surface area contributed by atoms with E-state index in [1.165, 1.54) is 0 Å². The van der Waals surface area contributed by atoms with Gasteiger partial charge in [-0.2, -0.15) is 0 Å². The molecule has 0 bridgehead atoms. The predicted molar refractivity (Wildman–Crippen MR) is 51.1 cm³/mol. The number of hydrogen-bond donors (Lipinski definition) is 2. The predicted octanol–water partition coefficient (Wildman–Crippen LogP) is 1.15. The number of aryl methyl sites for hydroxylation is 1. The average Bonchev–Trinajstić information content (AvgIpc) is 2.05. The van der Waals surface area contributed by atoms with E-state index in [1.54, 1.807) is 0 Å². The SMILES string of the molecule is Cc1cccc(NCCCN)n1. The highest BCUT2D eigenvalue weighted by Crippen LogP contribution is 2.02. The molecular formula is C9H15N3. The topological polar surface area (TPSA) is 50.9 Å². The van der Waals surface area contributed by atoms with Gasteiger partial charge in [0.2, 0.25) is 0 Å². The van der Waals surface area contributed by atoms with Gasteiger partial charge in [-0.05, 0) is 32.0 Å². The normalized spacial score (nSPS) is 9.83. The lowest BCUT2D eigenvalue weighted by molar-refractivity contribution is 0.869. The summed E-state index contributed by atoms with van der Waals surface area (Å²) in [5.74, 6) is 0.934. The van der Waals surface area contributed by atoms with E-state index in [0.29, 0.717) is 0 Å². The van der Waals surface area contributed by atoms with E-state index in [4.69, 9.17) is 5.73 Å². The molecule has 3 nitrogen and oxygen atoms in total. The molecule has 1 aromatic heterocycles. The Morgan fingerprint density at radius 1 is 1.50 bits per heavy atom. The standard InChI is InChI=1S/C9H15N3/c1-8-4-2-5-9(12-8)11-7-3-6-10/h2,4-5H,3,6-7,10H2,1H3,(H,11,12). The van der Waals surface area contributed by atoms with E-state index in [9.17, 15) is 0 Å². The minimum absolute atomic E-state index is 0.721. The van der Waals surface area contributed by atoms with Crippen LogP contribution in [0.25, 0.3) is 0 Å². The number of pyridine rings is 1. The molecule has 0 aliphatic heterocycles. The zero-order valence-electron chi connectivity index (χ0n) is 7.38. The second-order valence-corrected chi connectivity index (χ2v) is 2.73. The fraction of sp³-hybridized carbons (Fsp3) is 0.444. The van der Waals surface area contributed by atoms with Crippen molar-refractivity contribution < 1.29 is 0 Å². The maximum atomic E-state index is 5.36. The van der Waals surface area contributed by atoms with E-state index < -0.39 is 0 Å². The molecule has 1 rings (SSSR count). The summed E-state index contributed by atoms with van der Waals surface area (Å²) in [4.78, 5) is 4.29. The van der Waals surface area contributed by atoms with Crippen LogP contribution in [0.1, 0.15) is 12.1 Å². The summed E-state index contributed by atoms with van der Waals surface area (Å²) in [5, 5.41) is 3.20. The number of rotatable bonds is 4. The van der Waals surface area contributed by atoms with Gasteiger partial charge in [0.15, 0.2) is 0 Å². The summed E-state index contributed by atoms with van der Waals surface area (Å²) >= 11 is 0. The Balaban J connectivity index is 2.41. The zero-order chi connectivity index (χ0) is 8.81. The first-order chi connectivity index (χ1) is 5.83. The molecule has 0 aliphatic carbocycles. The van der Waals surface area contributed by atoms with Gasteiger partial charge < -0.3 is 11.1 Å². The van der Waals surface area contributed by atoms with Gasteiger partial charge in [0.25, 0.3) is 0 Å². The van der Waals surface area contributed by atoms with Gasteiger partial charge in [0, 0.05) is 12.2 Å². The molecule has 3 N–H and O–H groups in total. The van der Waals surface area contributed by atoms with Crippen LogP contribution in [0.2, 0.25) is 0 Å². The Morgan fingerprint density at radius 2 is 2.33 bits per heavy atom. The Hall–Kier alpha value is -1.09. The third-order valence-electron chi connectivity index (χ3n) is 1.58. The summed E-state index contributed by atoms with van der Waals surface area (Å²) in [6.07, 6.45) is 0.982. The third-order valence-corrected chi connectivity index (χ3v) is 1.58. The monoisotopic (exact) mass is 165 g/mol. The van der Waals surface area contributed by atoms with Crippen molar-refractivity contribution in [2.45, 2.75) is 13.3 Å². The third kappa shape index (κ3) is 2.88. The molecule has 0 fully saturated rings. The Kier molecular flexibility index (Phi) is 3.54. The maximum Gasteiger partial charge on any atom is 0.126 e. The van der Waals surface area contributed by atoms with Gasteiger partial charge in [-0.1, -0.05) is 6.07 Å². The number of nitrogens with two attached hydrogens (primary N) is 1. The van der Waals surface area contributed by atoms with Crippen molar-refractivity contribution in [1.29, 1.82) is 0 Å². The molecule has 0 unspecified atom stereocenters. The fourth-order valence-electron chi connectivity index (χ4n) is 0.960. The van der Waals surface area contributed by atoms with Crippen molar-refractivity contribution in [3.63, 3.8) is 0 Å². The van der Waals surface area contributed by atoms with Gasteiger partial charge in [0.1, 0.15) is 5.82 Å². The fourth-order valence-corrected chi connectivity index (χ4v) is 0.960. The van der Waals surface area contributed by atoms with Crippen molar-refractivity contribution in [2.75, 3.05) is 18.4 Å². The second-order valence-electron chi connectivity index (χ2n) is 2.73. The molecule has 1 aromatic rings. The molecule has 12 heavy (non-hydrogen) atoms. The minimum atomic E-state index is 0.721. The van der Waals surface area contributed by atoms with Crippen LogP contribution >= 0.6 is 0 Å². The van der Waals surface area contributed by atoms with E-state index in [1.807, 2.05) is 25.1 Å². The summed E-state index contributed by atoms with van der Waals surface area (Å²) < 4.78 is 0. The molecule has 0 aromatic carbocycles. The summed E-state index contributed by atoms with van der Waals surface area (Å²) in [6, 6.07) is 5.94. The van der Waals surface area contributed by atoms with Crippen LogP contribution < -0.4 is 11.1 Å². The lowest BCUT2D eigenvalue weighted by Crippen LogP contribution is -2.09. The molecule has 0 saturated heterocycles. The van der Waals surface area contributed by atoms with Crippen LogP contribution in [0.5, 0.6) is 0 Å². The molecule has 0 amide bonds. The molecule has 0 aliphatic rings. The van der Waals surface area contributed by atoms with E-state index in [0.717, 1.165) is 31.0 Å². The van der Waals surface area contributed by atoms with Crippen molar-refractivity contribution in [3.05, 3.63) is 23.9 Å². The van der Waals surface area contributed by atoms with E-state index in [2.05, 4.69) is 10.3 Å². The molecule has 3 heteroatoms. The minimum Gasteiger partial charge on any atom is -0.370 e. The first kappa shape index (κ1) is 9.00. The Morgan fingerprint density at radius 3 is 3.00 bits per heavy atom. The number of aromatic nitrogens is 1. The molecular weight excluding hydrogens is 150 g/mol. The largest absolute Gasteiger partial charge is 0.370 e. The van der Waals surface area contributed by atoms with Gasteiger partial charge in [-0.3, -0.25) is 0 Å². The van der Waals surface area contributed by atoms with Gasteiger partial charge in [-0.15, -0.1) is 0 Å². The highest BCUT2D eigenvalue weighted by molar-refractivity contribution is 5.34. The molecule has 66 valence electrons. The number of anilines is 1. The number of hydrogen-bond acceptors (Lipinski definition) is 3. The highest BCUT2D eigenvalue weighted by atomic mass is 15.0. The first-order valence-corrected chi connectivity index (χ1v) is 4.20. The van der Waals surface area contributed by atoms with Crippen LogP contribution in [0.15, 0.2) is 18.2 Å². The summed E-state index contributed by atoms with van der Waals surface area (Å²) in [5.41, 5.74) is 6.40. The van der Waals surface area contributed by atoms with Crippen LogP contribution in [-0.4, -0.2) is 18.1 Å². The van der Waals surface area contributed by atoms with Gasteiger partial charge >= 0.3 is 0 Å². The second kappa shape index (κ2) is 4.72. The molecule has 0 radical (unpaired) electrons. The zero-order valence-corrected chi connectivity index (χ0v) is 7.38. The Bertz CT molecular complexity index is 235. The van der Waals surface area contributed by atoms with E-state index >= 15 is 0 Å². The van der Waals surface area contributed by atoms with Crippen molar-refractivity contribution in [3.8, 4) is 0 Å². The molecule has 0 atom stereocenters. The number of nitrogens with one attached hydrogen (secondary N) is 1. The molecule has 0 spiro atoms. The molecule has 1 heterocycles. The van der Waals surface area contributed by atoms with Gasteiger partial charge in [-0.25, -0.2) is 4.98 Å². The lowest BCUT2D eigenvalue weighted by atomic mass is 10.3. The summed E-state index contributed by atoms with van der Waals surface area (Å²) in [7, 11) is 0. The average molecular weight is 165 g/mol. The van der Waals surface area contributed by atoms with Crippen molar-refractivity contribution in [2.24, 2.45) is 5.73 Å². The van der Waals surface area contributed by atoms with Crippen LogP contribution in [0, 0.1) is 6.92 Å². The van der Waals surface area contributed by atoms with E-state index in [-0.39, 0.29) is 0 Å². The van der Waals surface area contributed by atoms with Gasteiger partial charge in [0.05, 0.1) is 0 Å². The van der Waals surface area contributed by atoms with Crippen molar-refractivity contribution >= 4 is 5.82 Å². The van der Waals surface area contributed by atoms with Crippen LogP contribution in [0.4, 0.5) is 5.82 Å². The maximum absolute atomic E-state index is 5.36. The van der Waals surface area contributed by atoms with Crippen LogP contribution in [-0.2, 0) is 0 Å². The quantitative estimate of drug-likeness (QED) is 0.658. The Labute approximate surface area is 73.0 Å². The lowest BCUT2D eigenvalue weighted by Gasteiger charge is -2.04. The van der Waals surface area contributed by atoms with Crippen LogP contribution in [0.3, 0.4) is 0 Å². The first-order valence-electron chi connectivity index (χ1n) is 4.20. The molecule has 0 saturated carbocycles. The highest BCUT2D eigenvalue weighted by Gasteiger charge is 1.91. The smallest absolute Gasteiger partial charge is 0.126 e. The van der Waals surface area contributed by atoms with Crippen molar-refractivity contribution in [1.82, 2.24) is 4.98 Å². The number of nitrogens with zero attached hydrogens (tertiary/aromatic N) is 1.